The van der Waals surface area contributed by atoms with Gasteiger partial charge in [0.1, 0.15) is 12.1 Å². The molecule has 0 aromatic carbocycles. The van der Waals surface area contributed by atoms with Gasteiger partial charge in [0, 0.05) is 54.4 Å². The summed E-state index contributed by atoms with van der Waals surface area (Å²) >= 11 is 0. The van der Waals surface area contributed by atoms with Crippen LogP contribution < -0.4 is 0 Å². The number of fused-ring (bicyclic) bond motifs is 1. The molecule has 136 valence electrons. The molecule has 0 spiro atoms. The zero-order chi connectivity index (χ0) is 18.6. The maximum Gasteiger partial charge on any atom is 0.228 e. The molecule has 7 heteroatoms. The van der Waals surface area contributed by atoms with Crippen molar-refractivity contribution in [3.63, 3.8) is 0 Å². The van der Waals surface area contributed by atoms with Crippen LogP contribution in [0.15, 0.2) is 49.2 Å². The van der Waals surface area contributed by atoms with Crippen molar-refractivity contribution in [3.8, 4) is 11.3 Å². The Morgan fingerprint density at radius 2 is 1.85 bits per heavy atom. The Balaban J connectivity index is 1.51. The molecule has 0 fully saturated rings. The van der Waals surface area contributed by atoms with Crippen molar-refractivity contribution < 1.29 is 9.18 Å². The molecule has 4 rings (SSSR count). The number of halogens is 1. The zero-order valence-electron chi connectivity index (χ0n) is 14.7. The van der Waals surface area contributed by atoms with E-state index in [0.717, 1.165) is 28.7 Å². The van der Waals surface area contributed by atoms with Gasteiger partial charge in [-0.15, -0.1) is 0 Å². The molecule has 0 atom stereocenters. The first-order valence-corrected chi connectivity index (χ1v) is 8.82. The van der Waals surface area contributed by atoms with E-state index < -0.39 is 5.82 Å². The van der Waals surface area contributed by atoms with E-state index in [4.69, 9.17) is 0 Å². The van der Waals surface area contributed by atoms with Crippen LogP contribution in [-0.2, 0) is 24.1 Å². The lowest BCUT2D eigenvalue weighted by Crippen LogP contribution is -2.34. The number of hydrogen-bond donors (Lipinski definition) is 0. The normalized spacial score (nSPS) is 13.7. The van der Waals surface area contributed by atoms with Crippen LogP contribution in [0.5, 0.6) is 0 Å². The van der Waals surface area contributed by atoms with Gasteiger partial charge in [0.25, 0.3) is 0 Å². The smallest absolute Gasteiger partial charge is 0.228 e. The predicted octanol–water partition coefficient (Wildman–Crippen LogP) is 2.24. The Bertz CT molecular complexity index is 946. The summed E-state index contributed by atoms with van der Waals surface area (Å²) in [4.78, 5) is 31.4. The van der Waals surface area contributed by atoms with E-state index in [1.54, 1.807) is 24.8 Å². The average Bonchev–Trinajstić information content (AvgIpc) is 2.93. The minimum atomic E-state index is -0.404. The van der Waals surface area contributed by atoms with Crippen LogP contribution in [0.25, 0.3) is 11.3 Å². The highest BCUT2D eigenvalue weighted by Crippen LogP contribution is 2.25. The van der Waals surface area contributed by atoms with Crippen molar-refractivity contribution >= 4 is 5.91 Å². The van der Waals surface area contributed by atoms with Crippen molar-refractivity contribution in [2.24, 2.45) is 0 Å². The summed E-state index contributed by atoms with van der Waals surface area (Å²) < 4.78 is 13.0. The molecule has 4 heterocycles. The number of carbonyl (C=O) groups excluding carboxylic acids is 1. The van der Waals surface area contributed by atoms with E-state index in [1.165, 1.54) is 6.07 Å². The molecule has 0 saturated heterocycles. The van der Waals surface area contributed by atoms with Gasteiger partial charge in [0.15, 0.2) is 0 Å². The molecular weight excluding hydrogens is 345 g/mol. The van der Waals surface area contributed by atoms with Gasteiger partial charge in [0.2, 0.25) is 5.91 Å². The second-order valence-corrected chi connectivity index (χ2v) is 6.41. The first-order valence-electron chi connectivity index (χ1n) is 8.82. The average molecular weight is 363 g/mol. The highest BCUT2D eigenvalue weighted by atomic mass is 19.1. The highest BCUT2D eigenvalue weighted by molar-refractivity contribution is 5.78. The standard InChI is InChI=1S/C20H18FN5O/c21-15-1-2-16(23-12-15)11-19(27)26-9-5-17-18(6-10-26)24-13-25-20(17)14-3-7-22-8-4-14/h1-4,7-8,12-13H,5-6,9-11H2. The molecule has 0 bridgehead atoms. The third kappa shape index (κ3) is 3.81. The largest absolute Gasteiger partial charge is 0.342 e. The Morgan fingerprint density at radius 1 is 1.04 bits per heavy atom. The van der Waals surface area contributed by atoms with Gasteiger partial charge in [-0.3, -0.25) is 14.8 Å². The van der Waals surface area contributed by atoms with Crippen LogP contribution in [0.2, 0.25) is 0 Å². The Morgan fingerprint density at radius 3 is 2.63 bits per heavy atom. The molecule has 0 radical (unpaired) electrons. The first-order chi connectivity index (χ1) is 13.2. The van der Waals surface area contributed by atoms with E-state index in [1.807, 2.05) is 17.0 Å². The summed E-state index contributed by atoms with van der Waals surface area (Å²) in [5, 5.41) is 0. The van der Waals surface area contributed by atoms with E-state index in [9.17, 15) is 9.18 Å². The maximum absolute atomic E-state index is 13.0. The van der Waals surface area contributed by atoms with Gasteiger partial charge in [-0.2, -0.15) is 0 Å². The molecule has 0 unspecified atom stereocenters. The van der Waals surface area contributed by atoms with Gasteiger partial charge >= 0.3 is 0 Å². The van der Waals surface area contributed by atoms with E-state index in [2.05, 4.69) is 19.9 Å². The van der Waals surface area contributed by atoms with Crippen molar-refractivity contribution in [1.29, 1.82) is 0 Å². The number of nitrogens with zero attached hydrogens (tertiary/aromatic N) is 5. The Labute approximate surface area is 156 Å². The zero-order valence-corrected chi connectivity index (χ0v) is 14.7. The van der Waals surface area contributed by atoms with Crippen molar-refractivity contribution in [2.45, 2.75) is 19.3 Å². The molecule has 0 aliphatic carbocycles. The summed E-state index contributed by atoms with van der Waals surface area (Å²) in [6.45, 7) is 1.19. The van der Waals surface area contributed by atoms with Crippen LogP contribution in [0.1, 0.15) is 17.0 Å². The number of rotatable bonds is 3. The number of pyridine rings is 2. The molecule has 6 nitrogen and oxygen atoms in total. The lowest BCUT2D eigenvalue weighted by atomic mass is 10.0. The Kier molecular flexibility index (Phi) is 4.82. The van der Waals surface area contributed by atoms with Crippen LogP contribution in [0.3, 0.4) is 0 Å². The van der Waals surface area contributed by atoms with Gasteiger partial charge in [-0.1, -0.05) is 0 Å². The number of carbonyl (C=O) groups is 1. The molecule has 0 saturated carbocycles. The SMILES string of the molecule is O=C(Cc1ccc(F)cn1)N1CCc2ncnc(-c3ccncc3)c2CC1. The van der Waals surface area contributed by atoms with Crippen LogP contribution >= 0.6 is 0 Å². The summed E-state index contributed by atoms with van der Waals surface area (Å²) in [7, 11) is 0. The molecular formula is C20H18FN5O. The molecule has 27 heavy (non-hydrogen) atoms. The third-order valence-electron chi connectivity index (χ3n) is 4.71. The molecule has 1 amide bonds. The lowest BCUT2D eigenvalue weighted by Gasteiger charge is -2.20. The van der Waals surface area contributed by atoms with Crippen molar-refractivity contribution in [2.75, 3.05) is 13.1 Å². The van der Waals surface area contributed by atoms with E-state index in [0.29, 0.717) is 31.6 Å². The van der Waals surface area contributed by atoms with Crippen LogP contribution in [-0.4, -0.2) is 43.8 Å². The molecule has 1 aliphatic rings. The Hall–Kier alpha value is -3.22. The summed E-state index contributed by atoms with van der Waals surface area (Å²) in [6.07, 6.45) is 7.73. The van der Waals surface area contributed by atoms with E-state index >= 15 is 0 Å². The lowest BCUT2D eigenvalue weighted by molar-refractivity contribution is -0.130. The number of hydrogen-bond acceptors (Lipinski definition) is 5. The summed E-state index contributed by atoms with van der Waals surface area (Å²) in [5.41, 5.74) is 4.53. The second kappa shape index (κ2) is 7.57. The van der Waals surface area contributed by atoms with Gasteiger partial charge in [0.05, 0.1) is 18.3 Å². The molecule has 3 aromatic heterocycles. The summed E-state index contributed by atoms with van der Waals surface area (Å²) in [6, 6.07) is 6.73. The molecule has 1 aliphatic heterocycles. The number of aromatic nitrogens is 4. The van der Waals surface area contributed by atoms with Gasteiger partial charge in [-0.05, 0) is 30.7 Å². The fourth-order valence-electron chi connectivity index (χ4n) is 3.31. The maximum atomic E-state index is 13.0. The third-order valence-corrected chi connectivity index (χ3v) is 4.71. The fraction of sp³-hybridized carbons (Fsp3) is 0.250. The quantitative estimate of drug-likeness (QED) is 0.714. The fourth-order valence-corrected chi connectivity index (χ4v) is 3.31. The highest BCUT2D eigenvalue weighted by Gasteiger charge is 2.22. The minimum Gasteiger partial charge on any atom is -0.342 e. The predicted molar refractivity (Wildman–Crippen MR) is 97.2 cm³/mol. The monoisotopic (exact) mass is 363 g/mol. The van der Waals surface area contributed by atoms with E-state index in [-0.39, 0.29) is 12.3 Å². The minimum absolute atomic E-state index is 0.0136. The second-order valence-electron chi connectivity index (χ2n) is 6.41. The topological polar surface area (TPSA) is 71.9 Å². The van der Waals surface area contributed by atoms with Crippen LogP contribution in [0, 0.1) is 5.82 Å². The number of amides is 1. The molecule has 3 aromatic rings. The van der Waals surface area contributed by atoms with Crippen LogP contribution in [0.4, 0.5) is 4.39 Å². The van der Waals surface area contributed by atoms with Gasteiger partial charge < -0.3 is 4.90 Å². The van der Waals surface area contributed by atoms with Gasteiger partial charge in [-0.25, -0.2) is 14.4 Å². The van der Waals surface area contributed by atoms with Crippen molar-refractivity contribution in [1.82, 2.24) is 24.8 Å². The molecule has 0 N–H and O–H groups in total. The summed E-state index contributed by atoms with van der Waals surface area (Å²) in [5.74, 6) is -0.418. The first kappa shape index (κ1) is 17.2. The van der Waals surface area contributed by atoms with Crippen molar-refractivity contribution in [3.05, 3.63) is 72.0 Å².